The summed E-state index contributed by atoms with van der Waals surface area (Å²) in [6, 6.07) is 14.5. The van der Waals surface area contributed by atoms with E-state index in [1.54, 1.807) is 61.1 Å². The molecular weight excluding hydrogens is 412 g/mol. The Balaban J connectivity index is 2.04. The second-order valence-corrected chi connectivity index (χ2v) is 6.90. The molecule has 3 rings (SSSR count). The second kappa shape index (κ2) is 9.59. The third-order valence-electron chi connectivity index (χ3n) is 4.64. The number of carbonyl (C=O) groups is 2. The van der Waals surface area contributed by atoms with Crippen molar-refractivity contribution in [3.63, 3.8) is 0 Å². The molecule has 0 spiro atoms. The van der Waals surface area contributed by atoms with Gasteiger partial charge in [-0.3, -0.25) is 19.5 Å². The van der Waals surface area contributed by atoms with Gasteiger partial charge in [0, 0.05) is 39.6 Å². The largest absolute Gasteiger partial charge is 0.497 e. The first kappa shape index (κ1) is 21.6. The lowest BCUT2D eigenvalue weighted by molar-refractivity contribution is -0.119. The fourth-order valence-electron chi connectivity index (χ4n) is 3.20. The molecule has 0 radical (unpaired) electrons. The molecule has 2 aromatic carbocycles. The van der Waals surface area contributed by atoms with E-state index in [0.717, 1.165) is 5.39 Å². The predicted octanol–water partition coefficient (Wildman–Crippen LogP) is 3.56. The summed E-state index contributed by atoms with van der Waals surface area (Å²) in [4.78, 5) is 25.7. The zero-order valence-corrected chi connectivity index (χ0v) is 17.6. The lowest BCUT2D eigenvalue weighted by Gasteiger charge is -2.08. The summed E-state index contributed by atoms with van der Waals surface area (Å²) >= 11 is 5.95. The van der Waals surface area contributed by atoms with Gasteiger partial charge in [-0.15, -0.1) is 6.42 Å². The number of aromatic nitrogens is 1. The lowest BCUT2D eigenvalue weighted by atomic mass is 10.1. The Morgan fingerprint density at radius 1 is 1.13 bits per heavy atom. The number of benzene rings is 2. The number of hydrogen-bond donors (Lipinski definition) is 1. The average molecular weight is 429 g/mol. The molecule has 0 atom stereocenters. The van der Waals surface area contributed by atoms with Gasteiger partial charge in [0.2, 0.25) is 5.91 Å². The lowest BCUT2D eigenvalue weighted by Crippen LogP contribution is -2.20. The molecule has 0 unspecified atom stereocenters. The van der Waals surface area contributed by atoms with Gasteiger partial charge < -0.3 is 4.74 Å². The number of terminal acetylenes is 1. The summed E-state index contributed by atoms with van der Waals surface area (Å²) in [5.74, 6) is 9.40. The maximum atomic E-state index is 13.3. The Morgan fingerprint density at radius 2 is 1.87 bits per heavy atom. The van der Waals surface area contributed by atoms with E-state index in [-0.39, 0.29) is 18.2 Å². The molecule has 6 heteroatoms. The van der Waals surface area contributed by atoms with Crippen molar-refractivity contribution in [2.75, 3.05) is 7.11 Å². The SMILES string of the molecule is C#CC#CC#CNC(=O)Cc1c(C)n(C(=O)c2ccc(Cl)cc2)c2ccc(OC)cc12. The number of hydrogen-bond acceptors (Lipinski definition) is 3. The van der Waals surface area contributed by atoms with Gasteiger partial charge in [0.25, 0.3) is 5.91 Å². The van der Waals surface area contributed by atoms with Crippen molar-refractivity contribution in [1.29, 1.82) is 0 Å². The van der Waals surface area contributed by atoms with Gasteiger partial charge in [-0.1, -0.05) is 11.6 Å². The standard InChI is InChI=1S/C25H17ClN2O3/c1-4-5-6-7-14-27-24(29)16-21-17(2)28(23-13-12-20(31-3)15-22(21)23)25(30)18-8-10-19(26)11-9-18/h1,8-13,15H,16H2,2-3H3,(H,27,29). The molecule has 1 aromatic heterocycles. The average Bonchev–Trinajstić information content (AvgIpc) is 3.04. The van der Waals surface area contributed by atoms with Gasteiger partial charge in [-0.05, 0) is 66.8 Å². The van der Waals surface area contributed by atoms with Crippen molar-refractivity contribution in [3.8, 4) is 41.9 Å². The van der Waals surface area contributed by atoms with Crippen molar-refractivity contribution >= 4 is 34.3 Å². The van der Waals surface area contributed by atoms with Gasteiger partial charge in [0.1, 0.15) is 5.75 Å². The van der Waals surface area contributed by atoms with Crippen LogP contribution in [0.15, 0.2) is 42.5 Å². The second-order valence-electron chi connectivity index (χ2n) is 6.46. The number of amides is 1. The van der Waals surface area contributed by atoms with E-state index in [2.05, 4.69) is 35.0 Å². The number of ether oxygens (including phenoxy) is 1. The van der Waals surface area contributed by atoms with Crippen LogP contribution in [0.3, 0.4) is 0 Å². The molecule has 3 aromatic rings. The van der Waals surface area contributed by atoms with Crippen LogP contribution in [0, 0.1) is 43.1 Å². The summed E-state index contributed by atoms with van der Waals surface area (Å²) in [7, 11) is 1.56. The molecule has 31 heavy (non-hydrogen) atoms. The number of fused-ring (bicyclic) bond motifs is 1. The van der Waals surface area contributed by atoms with Gasteiger partial charge in [0.15, 0.2) is 0 Å². The van der Waals surface area contributed by atoms with Crippen LogP contribution in [0.25, 0.3) is 10.9 Å². The smallest absolute Gasteiger partial charge is 0.262 e. The summed E-state index contributed by atoms with van der Waals surface area (Å²) in [6.07, 6.45) is 5.04. The topological polar surface area (TPSA) is 60.3 Å². The molecule has 5 nitrogen and oxygen atoms in total. The monoisotopic (exact) mass is 428 g/mol. The minimum absolute atomic E-state index is 0.0215. The Morgan fingerprint density at radius 3 is 2.55 bits per heavy atom. The molecule has 1 heterocycles. The van der Waals surface area contributed by atoms with Crippen LogP contribution >= 0.6 is 11.6 Å². The zero-order chi connectivity index (χ0) is 22.4. The first-order valence-corrected chi connectivity index (χ1v) is 9.56. The normalized spacial score (nSPS) is 9.61. The molecule has 0 bridgehead atoms. The van der Waals surface area contributed by atoms with E-state index in [1.165, 1.54) is 0 Å². The highest BCUT2D eigenvalue weighted by molar-refractivity contribution is 6.30. The van der Waals surface area contributed by atoms with Crippen molar-refractivity contribution in [2.45, 2.75) is 13.3 Å². The van der Waals surface area contributed by atoms with Crippen molar-refractivity contribution in [2.24, 2.45) is 0 Å². The van der Waals surface area contributed by atoms with E-state index in [9.17, 15) is 9.59 Å². The minimum atomic E-state index is -0.334. The summed E-state index contributed by atoms with van der Waals surface area (Å²) in [5, 5.41) is 3.76. The van der Waals surface area contributed by atoms with E-state index in [0.29, 0.717) is 33.1 Å². The Labute approximate surface area is 185 Å². The zero-order valence-electron chi connectivity index (χ0n) is 16.9. The number of rotatable bonds is 4. The first-order chi connectivity index (χ1) is 15.0. The fraction of sp³-hybridized carbons (Fsp3) is 0.120. The van der Waals surface area contributed by atoms with Crippen molar-refractivity contribution < 1.29 is 14.3 Å². The first-order valence-electron chi connectivity index (χ1n) is 9.19. The number of nitrogens with one attached hydrogen (secondary N) is 1. The minimum Gasteiger partial charge on any atom is -0.497 e. The van der Waals surface area contributed by atoms with Crippen LogP contribution in [-0.4, -0.2) is 23.5 Å². The maximum Gasteiger partial charge on any atom is 0.262 e. The van der Waals surface area contributed by atoms with E-state index < -0.39 is 0 Å². The van der Waals surface area contributed by atoms with Crippen LogP contribution in [0.1, 0.15) is 21.6 Å². The van der Waals surface area contributed by atoms with Gasteiger partial charge in [-0.25, -0.2) is 0 Å². The predicted molar refractivity (Wildman–Crippen MR) is 121 cm³/mol. The molecule has 0 saturated carbocycles. The highest BCUT2D eigenvalue weighted by atomic mass is 35.5. The number of carbonyl (C=O) groups excluding carboxylic acids is 2. The summed E-state index contributed by atoms with van der Waals surface area (Å²) < 4.78 is 6.92. The molecule has 0 fully saturated rings. The summed E-state index contributed by atoms with van der Waals surface area (Å²) in [5.41, 5.74) is 2.50. The molecule has 1 N–H and O–H groups in total. The quantitative estimate of drug-likeness (QED) is 0.510. The fourth-order valence-corrected chi connectivity index (χ4v) is 3.33. The van der Waals surface area contributed by atoms with Crippen LogP contribution in [-0.2, 0) is 11.2 Å². The molecule has 0 aliphatic heterocycles. The van der Waals surface area contributed by atoms with E-state index in [4.69, 9.17) is 22.8 Å². The number of nitrogens with zero attached hydrogens (tertiary/aromatic N) is 1. The third-order valence-corrected chi connectivity index (χ3v) is 4.89. The maximum absolute atomic E-state index is 13.3. The molecule has 152 valence electrons. The highest BCUT2D eigenvalue weighted by Crippen LogP contribution is 2.30. The molecule has 0 aliphatic rings. The third kappa shape index (κ3) is 4.73. The molecule has 0 saturated heterocycles. The number of methoxy groups -OCH3 is 1. The Bertz CT molecular complexity index is 1340. The number of halogens is 1. The molecule has 0 aliphatic carbocycles. The van der Waals surface area contributed by atoms with Crippen LogP contribution in [0.2, 0.25) is 5.02 Å². The van der Waals surface area contributed by atoms with Gasteiger partial charge >= 0.3 is 0 Å². The van der Waals surface area contributed by atoms with Crippen LogP contribution in [0.5, 0.6) is 5.75 Å². The van der Waals surface area contributed by atoms with Gasteiger partial charge in [0.05, 0.1) is 19.0 Å². The van der Waals surface area contributed by atoms with Crippen molar-refractivity contribution in [3.05, 3.63) is 64.3 Å². The van der Waals surface area contributed by atoms with Crippen LogP contribution < -0.4 is 10.1 Å². The highest BCUT2D eigenvalue weighted by Gasteiger charge is 2.21. The molecule has 1 amide bonds. The van der Waals surface area contributed by atoms with Crippen molar-refractivity contribution in [1.82, 2.24) is 9.88 Å². The van der Waals surface area contributed by atoms with E-state index >= 15 is 0 Å². The summed E-state index contributed by atoms with van der Waals surface area (Å²) in [6.45, 7) is 1.80. The Hall–Kier alpha value is -4.11. The molecular formula is C25H17ClN2O3. The van der Waals surface area contributed by atoms with Crippen LogP contribution in [0.4, 0.5) is 0 Å². The van der Waals surface area contributed by atoms with E-state index in [1.807, 2.05) is 0 Å². The van der Waals surface area contributed by atoms with Gasteiger partial charge in [-0.2, -0.15) is 0 Å². The Kier molecular flexibility index (Phi) is 6.68.